The molecule has 178 valence electrons. The van der Waals surface area contributed by atoms with Crippen molar-refractivity contribution < 1.29 is 23.9 Å². The van der Waals surface area contributed by atoms with Crippen molar-refractivity contribution in [1.82, 2.24) is 15.0 Å². The van der Waals surface area contributed by atoms with Gasteiger partial charge in [0.15, 0.2) is 0 Å². The summed E-state index contributed by atoms with van der Waals surface area (Å²) in [5.74, 6) is -0.225. The van der Waals surface area contributed by atoms with Crippen LogP contribution >= 0.6 is 15.9 Å². The molecule has 1 saturated heterocycles. The van der Waals surface area contributed by atoms with E-state index in [0.717, 1.165) is 10.0 Å². The van der Waals surface area contributed by atoms with Gasteiger partial charge in [0.1, 0.15) is 18.2 Å². The third-order valence-electron chi connectivity index (χ3n) is 5.37. The first kappa shape index (κ1) is 23.7. The summed E-state index contributed by atoms with van der Waals surface area (Å²) in [5.41, 5.74) is 1.77. The summed E-state index contributed by atoms with van der Waals surface area (Å²) < 4.78 is 11.6. The van der Waals surface area contributed by atoms with Crippen LogP contribution in [0.15, 0.2) is 53.0 Å². The Bertz CT molecular complexity index is 1160. The Morgan fingerprint density at radius 1 is 1.18 bits per heavy atom. The van der Waals surface area contributed by atoms with Crippen LogP contribution in [0.3, 0.4) is 0 Å². The lowest BCUT2D eigenvalue weighted by molar-refractivity contribution is -0.641. The topological polar surface area (TPSA) is 121 Å². The lowest BCUT2D eigenvalue weighted by Gasteiger charge is -2.31. The number of hydrogen-bond acceptors (Lipinski definition) is 8. The van der Waals surface area contributed by atoms with Crippen molar-refractivity contribution in [3.8, 4) is 0 Å². The molecule has 0 aliphatic carbocycles. The lowest BCUT2D eigenvalue weighted by atomic mass is 10.1. The second-order valence-electron chi connectivity index (χ2n) is 7.83. The van der Waals surface area contributed by atoms with Crippen molar-refractivity contribution in [2.24, 2.45) is 0 Å². The minimum atomic E-state index is -0.365. The molecule has 0 unspecified atom stereocenters. The molecule has 4 rings (SSSR count). The van der Waals surface area contributed by atoms with E-state index in [9.17, 15) is 14.8 Å². The number of esters is 1. The smallest absolute Gasteiger partial charge is 0.410 e. The fourth-order valence-corrected chi connectivity index (χ4v) is 3.93. The molecule has 1 aromatic heterocycles. The largest absolute Gasteiger partial charge is 0.594 e. The molecule has 2 heterocycles. The highest BCUT2D eigenvalue weighted by atomic mass is 79.9. The molecular weight excluding hydrogens is 506 g/mol. The quantitative estimate of drug-likeness (QED) is 0.281. The summed E-state index contributed by atoms with van der Waals surface area (Å²) >= 11 is 3.31. The minimum absolute atomic E-state index is 0.0971. The molecule has 1 aliphatic heterocycles. The SMILES string of the molecule is O=C(CCNc1nc2ccc(Br)cc2[n+]([O-])n1)OC1CCN(C(=O)OCc2ccccc2)CC1. The van der Waals surface area contributed by atoms with Crippen molar-refractivity contribution in [1.29, 1.82) is 0 Å². The van der Waals surface area contributed by atoms with Crippen LogP contribution in [0, 0.1) is 5.21 Å². The fourth-order valence-electron chi connectivity index (χ4n) is 3.58. The van der Waals surface area contributed by atoms with Gasteiger partial charge in [-0.2, -0.15) is 0 Å². The van der Waals surface area contributed by atoms with Gasteiger partial charge in [0.05, 0.1) is 11.5 Å². The summed E-state index contributed by atoms with van der Waals surface area (Å²) in [6.45, 7) is 1.39. The Morgan fingerprint density at radius 2 is 1.94 bits per heavy atom. The zero-order valence-electron chi connectivity index (χ0n) is 18.4. The number of amides is 1. The molecular formula is C23H24BrN5O5. The van der Waals surface area contributed by atoms with E-state index in [1.165, 1.54) is 0 Å². The van der Waals surface area contributed by atoms with Gasteiger partial charge in [-0.05, 0) is 22.5 Å². The predicted molar refractivity (Wildman–Crippen MR) is 127 cm³/mol. The molecule has 1 N–H and O–H groups in total. The number of nitrogens with one attached hydrogen (secondary N) is 1. The van der Waals surface area contributed by atoms with Crippen LogP contribution in [-0.2, 0) is 20.9 Å². The Labute approximate surface area is 204 Å². The maximum atomic E-state index is 12.2. The van der Waals surface area contributed by atoms with Crippen molar-refractivity contribution in [3.05, 3.63) is 63.8 Å². The van der Waals surface area contributed by atoms with Crippen molar-refractivity contribution in [3.63, 3.8) is 0 Å². The molecule has 11 heteroatoms. The van der Waals surface area contributed by atoms with Gasteiger partial charge in [0, 0.05) is 43.0 Å². The minimum Gasteiger partial charge on any atom is -0.594 e. The van der Waals surface area contributed by atoms with Crippen LogP contribution in [0.4, 0.5) is 10.7 Å². The van der Waals surface area contributed by atoms with Gasteiger partial charge >= 0.3 is 12.1 Å². The molecule has 10 nitrogen and oxygen atoms in total. The first-order valence-corrected chi connectivity index (χ1v) is 11.7. The number of fused-ring (bicyclic) bond motifs is 1. The number of hydrogen-bond donors (Lipinski definition) is 1. The van der Waals surface area contributed by atoms with Gasteiger partial charge in [-0.3, -0.25) is 4.79 Å². The molecule has 1 aliphatic rings. The monoisotopic (exact) mass is 529 g/mol. The third-order valence-corrected chi connectivity index (χ3v) is 5.86. The molecule has 0 spiro atoms. The summed E-state index contributed by atoms with van der Waals surface area (Å²) in [7, 11) is 0. The normalized spacial score (nSPS) is 14.1. The average Bonchev–Trinajstić information content (AvgIpc) is 2.84. The third kappa shape index (κ3) is 6.31. The first-order valence-electron chi connectivity index (χ1n) is 10.9. The van der Waals surface area contributed by atoms with E-state index >= 15 is 0 Å². The Balaban J connectivity index is 1.16. The zero-order valence-corrected chi connectivity index (χ0v) is 19.9. The van der Waals surface area contributed by atoms with Crippen LogP contribution in [0.5, 0.6) is 0 Å². The highest BCUT2D eigenvalue weighted by Gasteiger charge is 2.26. The second-order valence-corrected chi connectivity index (χ2v) is 8.75. The number of anilines is 1. The number of ether oxygens (including phenoxy) is 2. The average molecular weight is 530 g/mol. The molecule has 0 radical (unpaired) electrons. The van der Waals surface area contributed by atoms with E-state index in [1.54, 1.807) is 23.1 Å². The van der Waals surface area contributed by atoms with E-state index in [4.69, 9.17) is 9.47 Å². The molecule has 3 aromatic rings. The second kappa shape index (κ2) is 11.1. The number of likely N-dealkylation sites (tertiary alicyclic amines) is 1. The van der Waals surface area contributed by atoms with Crippen LogP contribution in [0.25, 0.3) is 11.0 Å². The van der Waals surface area contributed by atoms with E-state index < -0.39 is 0 Å². The molecule has 1 amide bonds. The predicted octanol–water partition coefficient (Wildman–Crippen LogP) is 3.17. The van der Waals surface area contributed by atoms with Crippen molar-refractivity contribution in [2.45, 2.75) is 32.0 Å². The van der Waals surface area contributed by atoms with Gasteiger partial charge in [-0.15, -0.1) is 0 Å². The van der Waals surface area contributed by atoms with E-state index in [0.29, 0.717) is 41.8 Å². The Hall–Kier alpha value is -3.47. The zero-order chi connectivity index (χ0) is 23.9. The van der Waals surface area contributed by atoms with Crippen LogP contribution in [-0.4, -0.2) is 52.8 Å². The number of aromatic nitrogens is 3. The van der Waals surface area contributed by atoms with Crippen LogP contribution < -0.4 is 10.2 Å². The lowest BCUT2D eigenvalue weighted by Crippen LogP contribution is -2.41. The Morgan fingerprint density at radius 3 is 2.71 bits per heavy atom. The molecule has 2 aromatic carbocycles. The summed E-state index contributed by atoms with van der Waals surface area (Å²) in [6, 6.07) is 14.6. The van der Waals surface area contributed by atoms with Gasteiger partial charge < -0.3 is 24.9 Å². The van der Waals surface area contributed by atoms with Crippen molar-refractivity contribution >= 4 is 45.0 Å². The number of halogens is 1. The number of benzene rings is 2. The van der Waals surface area contributed by atoms with Gasteiger partial charge in [0.2, 0.25) is 0 Å². The number of rotatable bonds is 7. The highest BCUT2D eigenvalue weighted by Crippen LogP contribution is 2.17. The molecule has 0 saturated carbocycles. The molecule has 0 atom stereocenters. The highest BCUT2D eigenvalue weighted by molar-refractivity contribution is 9.10. The van der Waals surface area contributed by atoms with E-state index in [2.05, 4.69) is 31.3 Å². The number of nitrogens with zero attached hydrogens (tertiary/aromatic N) is 4. The van der Waals surface area contributed by atoms with Gasteiger partial charge in [-0.25, -0.2) is 9.78 Å². The number of piperidine rings is 1. The van der Waals surface area contributed by atoms with Gasteiger partial charge in [-0.1, -0.05) is 46.3 Å². The molecule has 1 fully saturated rings. The van der Waals surface area contributed by atoms with Crippen molar-refractivity contribution in [2.75, 3.05) is 25.0 Å². The maximum Gasteiger partial charge on any atom is 0.410 e. The fraction of sp³-hybridized carbons (Fsp3) is 0.348. The Kier molecular flexibility index (Phi) is 7.73. The van der Waals surface area contributed by atoms with E-state index in [-0.39, 0.29) is 43.7 Å². The number of carbonyl (C=O) groups is 2. The standard InChI is InChI=1S/C23H24BrN5O5/c24-17-6-7-19-20(14-17)29(32)27-22(26-19)25-11-8-21(30)34-18-9-12-28(13-10-18)23(31)33-15-16-4-2-1-3-5-16/h1-7,14,18H,8-13,15H2,(H,25,26,27). The molecule has 0 bridgehead atoms. The van der Waals surface area contributed by atoms with E-state index in [1.807, 2.05) is 30.3 Å². The maximum absolute atomic E-state index is 12.2. The van der Waals surface area contributed by atoms with Crippen LogP contribution in [0.2, 0.25) is 0 Å². The number of carbonyl (C=O) groups excluding carboxylic acids is 2. The summed E-state index contributed by atoms with van der Waals surface area (Å²) in [6.07, 6.45) is 0.596. The summed E-state index contributed by atoms with van der Waals surface area (Å²) in [5, 5.41) is 18.8. The van der Waals surface area contributed by atoms with Gasteiger partial charge in [0.25, 0.3) is 11.5 Å². The first-order chi connectivity index (χ1) is 16.5. The molecule has 34 heavy (non-hydrogen) atoms. The summed E-state index contributed by atoms with van der Waals surface area (Å²) in [4.78, 5) is 30.9. The van der Waals surface area contributed by atoms with Crippen LogP contribution in [0.1, 0.15) is 24.8 Å².